The fourth-order valence-corrected chi connectivity index (χ4v) is 2.52. The van der Waals surface area contributed by atoms with Gasteiger partial charge in [0, 0.05) is 10.9 Å². The SMILES string of the molecule is CCC(C)c1ccc(-c2nc(C(N)=O)cs2)cc1. The van der Waals surface area contributed by atoms with E-state index in [9.17, 15) is 4.79 Å². The predicted octanol–water partition coefficient (Wildman–Crippen LogP) is 3.42. The molecule has 0 bridgehead atoms. The lowest BCUT2D eigenvalue weighted by Crippen LogP contribution is -2.10. The molecule has 0 aliphatic heterocycles. The Morgan fingerprint density at radius 1 is 1.39 bits per heavy atom. The van der Waals surface area contributed by atoms with Gasteiger partial charge >= 0.3 is 0 Å². The number of benzene rings is 1. The van der Waals surface area contributed by atoms with E-state index < -0.39 is 5.91 Å². The van der Waals surface area contributed by atoms with Crippen molar-refractivity contribution < 1.29 is 4.79 Å². The summed E-state index contributed by atoms with van der Waals surface area (Å²) in [4.78, 5) is 15.2. The van der Waals surface area contributed by atoms with E-state index in [1.807, 2.05) is 12.1 Å². The molecule has 2 N–H and O–H groups in total. The standard InChI is InChI=1S/C14H16N2OS/c1-3-9(2)10-4-6-11(7-5-10)14-16-12(8-18-14)13(15)17/h4-9H,3H2,1-2H3,(H2,15,17). The summed E-state index contributed by atoms with van der Waals surface area (Å²) in [5, 5.41) is 2.53. The van der Waals surface area contributed by atoms with Crippen molar-refractivity contribution in [1.29, 1.82) is 0 Å². The molecule has 2 aromatic rings. The molecule has 0 fully saturated rings. The Balaban J connectivity index is 2.25. The number of thiazole rings is 1. The average molecular weight is 260 g/mol. The molecule has 0 aliphatic carbocycles. The zero-order valence-corrected chi connectivity index (χ0v) is 11.3. The summed E-state index contributed by atoms with van der Waals surface area (Å²) < 4.78 is 0. The van der Waals surface area contributed by atoms with Crippen LogP contribution in [0, 0.1) is 0 Å². The van der Waals surface area contributed by atoms with Crippen molar-refractivity contribution in [3.05, 3.63) is 40.9 Å². The second-order valence-electron chi connectivity index (χ2n) is 4.33. The van der Waals surface area contributed by atoms with Crippen LogP contribution in [0.5, 0.6) is 0 Å². The highest BCUT2D eigenvalue weighted by Crippen LogP contribution is 2.26. The van der Waals surface area contributed by atoms with Crippen molar-refractivity contribution in [2.45, 2.75) is 26.2 Å². The third kappa shape index (κ3) is 2.59. The average Bonchev–Trinajstić information content (AvgIpc) is 2.88. The molecule has 18 heavy (non-hydrogen) atoms. The van der Waals surface area contributed by atoms with Crippen molar-refractivity contribution in [2.75, 3.05) is 0 Å². The first-order chi connectivity index (χ1) is 8.61. The summed E-state index contributed by atoms with van der Waals surface area (Å²) in [7, 11) is 0. The van der Waals surface area contributed by atoms with Gasteiger partial charge in [0.1, 0.15) is 10.7 Å². The van der Waals surface area contributed by atoms with E-state index in [2.05, 4.69) is 31.0 Å². The molecule has 1 atom stereocenters. The molecule has 1 heterocycles. The number of hydrogen-bond donors (Lipinski definition) is 1. The maximum atomic E-state index is 11.0. The van der Waals surface area contributed by atoms with Gasteiger partial charge in [-0.15, -0.1) is 11.3 Å². The van der Waals surface area contributed by atoms with Crippen LogP contribution in [0.1, 0.15) is 42.2 Å². The molecule has 1 aromatic heterocycles. The van der Waals surface area contributed by atoms with E-state index in [1.54, 1.807) is 5.38 Å². The van der Waals surface area contributed by atoms with Gasteiger partial charge in [0.05, 0.1) is 0 Å². The Morgan fingerprint density at radius 2 is 2.06 bits per heavy atom. The quantitative estimate of drug-likeness (QED) is 0.915. The van der Waals surface area contributed by atoms with Gasteiger partial charge in [-0.25, -0.2) is 4.98 Å². The van der Waals surface area contributed by atoms with Crippen molar-refractivity contribution in [3.8, 4) is 10.6 Å². The van der Waals surface area contributed by atoms with Gasteiger partial charge in [0.15, 0.2) is 0 Å². The molecule has 1 unspecified atom stereocenters. The Hall–Kier alpha value is -1.68. The van der Waals surface area contributed by atoms with E-state index >= 15 is 0 Å². The fraction of sp³-hybridized carbons (Fsp3) is 0.286. The lowest BCUT2D eigenvalue weighted by atomic mass is 9.98. The Morgan fingerprint density at radius 3 is 2.56 bits per heavy atom. The van der Waals surface area contributed by atoms with E-state index in [1.165, 1.54) is 16.9 Å². The summed E-state index contributed by atoms with van der Waals surface area (Å²) in [5.41, 5.74) is 7.88. The number of carbonyl (C=O) groups excluding carboxylic acids is 1. The molecule has 94 valence electrons. The van der Waals surface area contributed by atoms with Crippen LogP contribution in [0.3, 0.4) is 0 Å². The molecule has 4 heteroatoms. The molecule has 0 radical (unpaired) electrons. The van der Waals surface area contributed by atoms with Crippen LogP contribution in [-0.2, 0) is 0 Å². The lowest BCUT2D eigenvalue weighted by molar-refractivity contribution is 0.0996. The first-order valence-electron chi connectivity index (χ1n) is 5.97. The summed E-state index contributed by atoms with van der Waals surface area (Å²) in [6.07, 6.45) is 1.13. The van der Waals surface area contributed by atoms with Gasteiger partial charge < -0.3 is 5.73 Å². The number of rotatable bonds is 4. The summed E-state index contributed by atoms with van der Waals surface area (Å²) in [5.74, 6) is 0.0882. The topological polar surface area (TPSA) is 56.0 Å². The predicted molar refractivity (Wildman–Crippen MR) is 74.8 cm³/mol. The largest absolute Gasteiger partial charge is 0.364 e. The highest BCUT2D eigenvalue weighted by Gasteiger charge is 2.09. The monoisotopic (exact) mass is 260 g/mol. The molecule has 2 rings (SSSR count). The third-order valence-corrected chi connectivity index (χ3v) is 3.99. The number of nitrogens with zero attached hydrogens (tertiary/aromatic N) is 1. The van der Waals surface area contributed by atoms with Gasteiger partial charge in [-0.2, -0.15) is 0 Å². The molecule has 1 aromatic carbocycles. The number of nitrogens with two attached hydrogens (primary N) is 1. The third-order valence-electron chi connectivity index (χ3n) is 3.10. The number of aromatic nitrogens is 1. The molecular weight excluding hydrogens is 244 g/mol. The first kappa shape index (κ1) is 12.8. The first-order valence-corrected chi connectivity index (χ1v) is 6.85. The highest BCUT2D eigenvalue weighted by molar-refractivity contribution is 7.13. The maximum Gasteiger partial charge on any atom is 0.268 e. The van der Waals surface area contributed by atoms with Gasteiger partial charge in [0.2, 0.25) is 0 Å². The fourth-order valence-electron chi connectivity index (χ4n) is 1.71. The minimum absolute atomic E-state index is 0.334. The van der Waals surface area contributed by atoms with Crippen LogP contribution in [0.15, 0.2) is 29.6 Å². The lowest BCUT2D eigenvalue weighted by Gasteiger charge is -2.08. The van der Waals surface area contributed by atoms with Crippen molar-refractivity contribution in [2.24, 2.45) is 5.73 Å². The van der Waals surface area contributed by atoms with Crippen LogP contribution in [0.4, 0.5) is 0 Å². The van der Waals surface area contributed by atoms with Crippen molar-refractivity contribution >= 4 is 17.2 Å². The van der Waals surface area contributed by atoms with Crippen LogP contribution in [0.2, 0.25) is 0 Å². The van der Waals surface area contributed by atoms with E-state index in [0.29, 0.717) is 11.6 Å². The second kappa shape index (κ2) is 5.31. The Bertz CT molecular complexity index is 545. The molecule has 3 nitrogen and oxygen atoms in total. The van der Waals surface area contributed by atoms with Gasteiger partial charge in [0.25, 0.3) is 5.91 Å². The minimum Gasteiger partial charge on any atom is -0.364 e. The van der Waals surface area contributed by atoms with Gasteiger partial charge in [-0.05, 0) is 17.9 Å². The smallest absolute Gasteiger partial charge is 0.268 e. The number of hydrogen-bond acceptors (Lipinski definition) is 3. The number of primary amides is 1. The van der Waals surface area contributed by atoms with Gasteiger partial charge in [-0.1, -0.05) is 38.1 Å². The van der Waals surface area contributed by atoms with Crippen LogP contribution >= 0.6 is 11.3 Å². The maximum absolute atomic E-state index is 11.0. The van der Waals surface area contributed by atoms with Crippen LogP contribution in [-0.4, -0.2) is 10.9 Å². The molecule has 0 spiro atoms. The molecule has 0 saturated carbocycles. The van der Waals surface area contributed by atoms with Crippen LogP contribution in [0.25, 0.3) is 10.6 Å². The number of amides is 1. The Kier molecular flexibility index (Phi) is 3.77. The molecule has 1 amide bonds. The zero-order valence-electron chi connectivity index (χ0n) is 10.5. The summed E-state index contributed by atoms with van der Waals surface area (Å²) in [6, 6.07) is 8.33. The Labute approximate surface area is 111 Å². The molecule has 0 aliphatic rings. The molecule has 0 saturated heterocycles. The molecular formula is C14H16N2OS. The number of carbonyl (C=O) groups is 1. The summed E-state index contributed by atoms with van der Waals surface area (Å²) in [6.45, 7) is 4.39. The normalized spacial score (nSPS) is 12.3. The van der Waals surface area contributed by atoms with Crippen LogP contribution < -0.4 is 5.73 Å². The van der Waals surface area contributed by atoms with E-state index in [4.69, 9.17) is 5.73 Å². The zero-order chi connectivity index (χ0) is 13.1. The van der Waals surface area contributed by atoms with E-state index in [0.717, 1.165) is 17.0 Å². The van der Waals surface area contributed by atoms with Crippen molar-refractivity contribution in [1.82, 2.24) is 4.98 Å². The minimum atomic E-state index is -0.478. The second-order valence-corrected chi connectivity index (χ2v) is 5.19. The summed E-state index contributed by atoms with van der Waals surface area (Å²) >= 11 is 1.44. The van der Waals surface area contributed by atoms with E-state index in [-0.39, 0.29) is 0 Å². The highest BCUT2D eigenvalue weighted by atomic mass is 32.1. The van der Waals surface area contributed by atoms with Crippen molar-refractivity contribution in [3.63, 3.8) is 0 Å². The van der Waals surface area contributed by atoms with Gasteiger partial charge in [-0.3, -0.25) is 4.79 Å².